The predicted molar refractivity (Wildman–Crippen MR) is 115 cm³/mol. The fourth-order valence-electron chi connectivity index (χ4n) is 3.70. The molecule has 14 nitrogen and oxygen atoms in total. The number of ether oxygens (including phenoxy) is 3. The molecule has 180 valence electrons. The summed E-state index contributed by atoms with van der Waals surface area (Å²) in [7, 11) is 1.41. The normalized spacial score (nSPS) is 22.1. The number of hydrogen-bond acceptors (Lipinski definition) is 11. The molecule has 4 atom stereocenters. The summed E-state index contributed by atoms with van der Waals surface area (Å²) >= 11 is 0. The highest BCUT2D eigenvalue weighted by Gasteiger charge is 2.45. The molecular weight excluding hydrogens is 452 g/mol. The van der Waals surface area contributed by atoms with Gasteiger partial charge in [0.1, 0.15) is 24.6 Å². The van der Waals surface area contributed by atoms with E-state index in [-0.39, 0.29) is 35.9 Å². The number of aliphatic hydroxyl groups is 2. The molecule has 3 aromatic rings. The van der Waals surface area contributed by atoms with E-state index in [4.69, 9.17) is 14.2 Å². The highest BCUT2D eigenvalue weighted by atomic mass is 16.6. The first-order valence-corrected chi connectivity index (χ1v) is 10.2. The number of nitrogens with one attached hydrogen (secondary N) is 1. The maximum absolute atomic E-state index is 12.2. The van der Waals surface area contributed by atoms with Crippen LogP contribution in [0.1, 0.15) is 11.8 Å². The summed E-state index contributed by atoms with van der Waals surface area (Å²) in [5.74, 6) is 0.0959. The van der Waals surface area contributed by atoms with E-state index in [1.54, 1.807) is 12.1 Å². The molecule has 4 rings (SSSR count). The first-order chi connectivity index (χ1) is 16.4. The summed E-state index contributed by atoms with van der Waals surface area (Å²) in [6.07, 6.45) is -1.28. The largest absolute Gasteiger partial charge is 0.449 e. The van der Waals surface area contributed by atoms with Crippen LogP contribution < -0.4 is 5.32 Å². The number of carbonyl (C=O) groups is 1. The van der Waals surface area contributed by atoms with Crippen molar-refractivity contribution in [2.75, 3.05) is 25.6 Å². The molecule has 3 heterocycles. The molecule has 3 N–H and O–H groups in total. The van der Waals surface area contributed by atoms with E-state index in [1.165, 1.54) is 36.5 Å². The number of methoxy groups -OCH3 is 1. The second-order valence-electron chi connectivity index (χ2n) is 7.42. The zero-order valence-corrected chi connectivity index (χ0v) is 18.0. The van der Waals surface area contributed by atoms with Gasteiger partial charge in [0.2, 0.25) is 0 Å². The molecule has 0 saturated carbocycles. The van der Waals surface area contributed by atoms with Crippen LogP contribution in [0.15, 0.2) is 36.9 Å². The average Bonchev–Trinajstić information content (AvgIpc) is 3.40. The van der Waals surface area contributed by atoms with Crippen molar-refractivity contribution in [2.24, 2.45) is 0 Å². The molecule has 2 aromatic heterocycles. The van der Waals surface area contributed by atoms with E-state index in [9.17, 15) is 25.1 Å². The van der Waals surface area contributed by atoms with Crippen molar-refractivity contribution in [3.05, 3.63) is 52.6 Å². The van der Waals surface area contributed by atoms with Gasteiger partial charge in [0.05, 0.1) is 24.5 Å². The van der Waals surface area contributed by atoms with Crippen molar-refractivity contribution < 1.29 is 34.1 Å². The van der Waals surface area contributed by atoms with Gasteiger partial charge in [-0.15, -0.1) is 0 Å². The molecule has 1 amide bonds. The molecule has 0 aliphatic carbocycles. The first kappa shape index (κ1) is 23.4. The molecule has 1 aliphatic heterocycles. The van der Waals surface area contributed by atoms with E-state index in [2.05, 4.69) is 20.3 Å². The minimum atomic E-state index is -1.09. The van der Waals surface area contributed by atoms with Gasteiger partial charge >= 0.3 is 6.09 Å². The van der Waals surface area contributed by atoms with Crippen molar-refractivity contribution in [3.63, 3.8) is 0 Å². The maximum Gasteiger partial charge on any atom is 0.412 e. The van der Waals surface area contributed by atoms with Crippen LogP contribution in [0.2, 0.25) is 0 Å². The number of fused-ring (bicyclic) bond motifs is 1. The Morgan fingerprint density at radius 2 is 2.06 bits per heavy atom. The third-order valence-electron chi connectivity index (χ3n) is 5.39. The zero-order valence-electron chi connectivity index (χ0n) is 18.0. The topological polar surface area (TPSA) is 184 Å². The SMILES string of the molecule is CO[C@H]1[C@@H](O)[C@H](n2cnc3c(NC(=O)OCCc4ccc([N+](=O)[O-])cc4)ncnc32)O[C@@H]1CO. The number of carbonyl (C=O) groups excluding carboxylic acids is 1. The van der Waals surface area contributed by atoms with Crippen LogP contribution in [0.25, 0.3) is 11.2 Å². The Balaban J connectivity index is 1.40. The van der Waals surface area contributed by atoms with Gasteiger partial charge in [0.25, 0.3) is 5.69 Å². The number of imidazole rings is 1. The number of anilines is 1. The van der Waals surface area contributed by atoms with Gasteiger partial charge in [-0.25, -0.2) is 19.7 Å². The molecule has 1 fully saturated rings. The van der Waals surface area contributed by atoms with Gasteiger partial charge in [-0.2, -0.15) is 0 Å². The number of aliphatic hydroxyl groups excluding tert-OH is 2. The van der Waals surface area contributed by atoms with Gasteiger partial charge in [-0.1, -0.05) is 12.1 Å². The first-order valence-electron chi connectivity index (χ1n) is 10.2. The fourth-order valence-corrected chi connectivity index (χ4v) is 3.70. The highest BCUT2D eigenvalue weighted by Crippen LogP contribution is 2.33. The summed E-state index contributed by atoms with van der Waals surface area (Å²) < 4.78 is 17.6. The highest BCUT2D eigenvalue weighted by molar-refractivity contribution is 5.93. The number of benzene rings is 1. The molecule has 1 saturated heterocycles. The van der Waals surface area contributed by atoms with E-state index in [0.717, 1.165) is 5.56 Å². The Kier molecular flexibility index (Phi) is 6.93. The van der Waals surface area contributed by atoms with Crippen LogP contribution >= 0.6 is 0 Å². The third kappa shape index (κ3) is 4.65. The van der Waals surface area contributed by atoms with Crippen LogP contribution in [0.3, 0.4) is 0 Å². The average molecular weight is 474 g/mol. The van der Waals surface area contributed by atoms with E-state index in [0.29, 0.717) is 6.42 Å². The lowest BCUT2D eigenvalue weighted by Gasteiger charge is -2.17. The molecular formula is C20H22N6O8. The summed E-state index contributed by atoms with van der Waals surface area (Å²) in [5.41, 5.74) is 1.28. The number of amides is 1. The van der Waals surface area contributed by atoms with Crippen LogP contribution in [0.5, 0.6) is 0 Å². The quantitative estimate of drug-likeness (QED) is 0.310. The second kappa shape index (κ2) is 10.0. The second-order valence-corrected chi connectivity index (χ2v) is 7.42. The van der Waals surface area contributed by atoms with Gasteiger partial charge < -0.3 is 24.4 Å². The Hall–Kier alpha value is -3.72. The van der Waals surface area contributed by atoms with Gasteiger partial charge in [-0.3, -0.25) is 20.0 Å². The van der Waals surface area contributed by atoms with Crippen molar-refractivity contribution in [3.8, 4) is 0 Å². The minimum Gasteiger partial charge on any atom is -0.449 e. The van der Waals surface area contributed by atoms with Crippen molar-refractivity contribution in [1.82, 2.24) is 19.5 Å². The number of rotatable bonds is 8. The molecule has 1 aromatic carbocycles. The van der Waals surface area contributed by atoms with Crippen LogP contribution in [0, 0.1) is 10.1 Å². The standard InChI is InChI=1S/C20H22N6O8/c1-32-16-13(8-27)34-19(15(16)28)25-10-23-14-17(21-9-22-18(14)25)24-20(29)33-7-6-11-2-4-12(5-3-11)26(30)31/h2-5,9-10,13,15-16,19,27-28H,6-8H2,1H3,(H,21,22,24,29)/t13-,15-,16-,19-/m1/s1. The lowest BCUT2D eigenvalue weighted by atomic mass is 10.1. The predicted octanol–water partition coefficient (Wildman–Crippen LogP) is 0.791. The Labute approximate surface area is 192 Å². The molecule has 0 spiro atoms. The molecule has 14 heteroatoms. The number of nitrogens with zero attached hydrogens (tertiary/aromatic N) is 5. The van der Waals surface area contributed by atoms with Gasteiger partial charge in [0, 0.05) is 25.7 Å². The van der Waals surface area contributed by atoms with Crippen molar-refractivity contribution in [2.45, 2.75) is 31.0 Å². The van der Waals surface area contributed by atoms with Crippen LogP contribution in [0.4, 0.5) is 16.3 Å². The number of aromatic nitrogens is 4. The summed E-state index contributed by atoms with van der Waals surface area (Å²) in [6.45, 7) is -0.304. The molecule has 0 bridgehead atoms. The lowest BCUT2D eigenvalue weighted by molar-refractivity contribution is -0.384. The molecule has 0 radical (unpaired) electrons. The van der Waals surface area contributed by atoms with E-state index >= 15 is 0 Å². The molecule has 0 unspecified atom stereocenters. The maximum atomic E-state index is 12.2. The Bertz CT molecular complexity index is 1170. The minimum absolute atomic E-state index is 0.0187. The number of nitro groups is 1. The van der Waals surface area contributed by atoms with Gasteiger partial charge in [0.15, 0.2) is 23.2 Å². The van der Waals surface area contributed by atoms with Gasteiger partial charge in [-0.05, 0) is 5.56 Å². The van der Waals surface area contributed by atoms with E-state index < -0.39 is 35.6 Å². The Morgan fingerprint density at radius 1 is 1.29 bits per heavy atom. The van der Waals surface area contributed by atoms with Crippen molar-refractivity contribution in [1.29, 1.82) is 0 Å². The number of nitro benzene ring substituents is 1. The third-order valence-corrected chi connectivity index (χ3v) is 5.39. The monoisotopic (exact) mass is 474 g/mol. The number of hydrogen-bond donors (Lipinski definition) is 3. The lowest BCUT2D eigenvalue weighted by Crippen LogP contribution is -2.35. The summed E-state index contributed by atoms with van der Waals surface area (Å²) in [4.78, 5) is 34.9. The molecule has 1 aliphatic rings. The van der Waals surface area contributed by atoms with Crippen LogP contribution in [-0.4, -0.2) is 79.4 Å². The van der Waals surface area contributed by atoms with E-state index in [1.807, 2.05) is 0 Å². The Morgan fingerprint density at radius 3 is 2.71 bits per heavy atom. The summed E-state index contributed by atoms with van der Waals surface area (Å²) in [6, 6.07) is 5.95. The smallest absolute Gasteiger partial charge is 0.412 e. The summed E-state index contributed by atoms with van der Waals surface area (Å²) in [5, 5.41) is 33.2. The fraction of sp³-hybridized carbons (Fsp3) is 0.400. The molecule has 34 heavy (non-hydrogen) atoms. The number of non-ortho nitro benzene ring substituents is 1. The zero-order chi connectivity index (χ0) is 24.2. The van der Waals surface area contributed by atoms with Crippen LogP contribution in [-0.2, 0) is 20.6 Å². The van der Waals surface area contributed by atoms with Crippen molar-refractivity contribution >= 4 is 28.8 Å².